The van der Waals surface area contributed by atoms with Crippen molar-refractivity contribution >= 4 is 27.5 Å². The first-order valence-electron chi connectivity index (χ1n) is 5.99. The van der Waals surface area contributed by atoms with Gasteiger partial charge in [-0.2, -0.15) is 0 Å². The quantitative estimate of drug-likeness (QED) is 0.813. The topological polar surface area (TPSA) is 35.2 Å². The fraction of sp³-hybridized carbons (Fsp3) is 0.200. The van der Waals surface area contributed by atoms with Crippen molar-refractivity contribution in [1.82, 2.24) is 0 Å². The number of rotatable bonds is 3. The molecule has 0 saturated heterocycles. The van der Waals surface area contributed by atoms with Crippen LogP contribution in [0.15, 0.2) is 34.8 Å². The number of ether oxygens (including phenoxy) is 1. The van der Waals surface area contributed by atoms with E-state index in [0.29, 0.717) is 10.0 Å². The van der Waals surface area contributed by atoms with Crippen LogP contribution in [0.1, 0.15) is 22.7 Å². The first-order valence-corrected chi connectivity index (χ1v) is 7.16. The average Bonchev–Trinajstić information content (AvgIpc) is 2.44. The van der Waals surface area contributed by atoms with Crippen molar-refractivity contribution in [3.8, 4) is 5.75 Å². The second kappa shape index (κ2) is 6.12. The first-order chi connectivity index (χ1) is 9.45. The van der Waals surface area contributed by atoms with Gasteiger partial charge in [-0.05, 0) is 46.1 Å². The number of methoxy groups -OCH3 is 1. The third-order valence-corrected chi connectivity index (χ3v) is 4.44. The number of hydrogen-bond donors (Lipinski definition) is 1. The van der Waals surface area contributed by atoms with E-state index in [4.69, 9.17) is 22.1 Å². The second-order valence-electron chi connectivity index (χ2n) is 4.47. The molecule has 0 aliphatic rings. The van der Waals surface area contributed by atoms with Gasteiger partial charge >= 0.3 is 0 Å². The minimum atomic E-state index is -0.579. The van der Waals surface area contributed by atoms with E-state index in [0.717, 1.165) is 16.9 Å². The Hall–Kier alpha value is -1.10. The highest BCUT2D eigenvalue weighted by molar-refractivity contribution is 9.10. The van der Waals surface area contributed by atoms with Crippen LogP contribution in [0.4, 0.5) is 4.39 Å². The highest BCUT2D eigenvalue weighted by Gasteiger charge is 2.18. The van der Waals surface area contributed by atoms with E-state index in [1.165, 1.54) is 0 Å². The van der Waals surface area contributed by atoms with Crippen LogP contribution in [0, 0.1) is 12.7 Å². The zero-order valence-corrected chi connectivity index (χ0v) is 13.4. The molecule has 0 aromatic heterocycles. The van der Waals surface area contributed by atoms with Crippen molar-refractivity contribution in [2.75, 3.05) is 7.11 Å². The Kier molecular flexibility index (Phi) is 4.68. The number of hydrogen-bond acceptors (Lipinski definition) is 2. The van der Waals surface area contributed by atoms with Crippen molar-refractivity contribution < 1.29 is 9.13 Å². The highest BCUT2D eigenvalue weighted by Crippen LogP contribution is 2.32. The van der Waals surface area contributed by atoms with Gasteiger partial charge < -0.3 is 10.5 Å². The molecule has 2 aromatic carbocycles. The highest BCUT2D eigenvalue weighted by atomic mass is 79.9. The maximum Gasteiger partial charge on any atom is 0.148 e. The molecule has 2 N–H and O–H groups in total. The maximum atomic E-state index is 14.2. The maximum absolute atomic E-state index is 14.2. The van der Waals surface area contributed by atoms with E-state index in [-0.39, 0.29) is 5.02 Å². The molecule has 2 rings (SSSR count). The van der Waals surface area contributed by atoms with Crippen molar-refractivity contribution in [2.24, 2.45) is 5.73 Å². The van der Waals surface area contributed by atoms with Crippen molar-refractivity contribution in [3.63, 3.8) is 0 Å². The smallest absolute Gasteiger partial charge is 0.148 e. The third-order valence-electron chi connectivity index (χ3n) is 3.18. The fourth-order valence-corrected chi connectivity index (χ4v) is 2.53. The molecule has 20 heavy (non-hydrogen) atoms. The summed E-state index contributed by atoms with van der Waals surface area (Å²) in [5.74, 6) is 0.275. The van der Waals surface area contributed by atoms with Gasteiger partial charge in [-0.25, -0.2) is 4.39 Å². The molecule has 2 nitrogen and oxygen atoms in total. The van der Waals surface area contributed by atoms with Gasteiger partial charge in [0, 0.05) is 10.0 Å². The molecular formula is C15H14BrClFNO. The summed E-state index contributed by atoms with van der Waals surface area (Å²) >= 11 is 9.08. The lowest BCUT2D eigenvalue weighted by molar-refractivity contribution is 0.411. The van der Waals surface area contributed by atoms with Gasteiger partial charge in [-0.3, -0.25) is 0 Å². The molecule has 0 spiro atoms. The summed E-state index contributed by atoms with van der Waals surface area (Å²) in [4.78, 5) is 0. The molecule has 0 aliphatic heterocycles. The van der Waals surface area contributed by atoms with Crippen LogP contribution in [-0.4, -0.2) is 7.11 Å². The molecule has 1 unspecified atom stereocenters. The summed E-state index contributed by atoms with van der Waals surface area (Å²) in [5, 5.41) is 0.0446. The van der Waals surface area contributed by atoms with Crippen molar-refractivity contribution in [1.29, 1.82) is 0 Å². The Balaban J connectivity index is 2.44. The molecule has 5 heteroatoms. The number of aryl methyl sites for hydroxylation is 1. The summed E-state index contributed by atoms with van der Waals surface area (Å²) in [5.41, 5.74) is 8.26. The molecule has 0 aliphatic carbocycles. The van der Waals surface area contributed by atoms with Crippen LogP contribution in [0.2, 0.25) is 5.02 Å². The average molecular weight is 359 g/mol. The largest absolute Gasteiger partial charge is 0.496 e. The standard InChI is InChI=1S/C15H14BrClFNO/c1-8-7-9(3-6-12(8)20-2)15(19)10-4-5-11(16)13(17)14(10)18/h3-7,15H,19H2,1-2H3. The van der Waals surface area contributed by atoms with Gasteiger partial charge in [0.15, 0.2) is 0 Å². The van der Waals surface area contributed by atoms with Gasteiger partial charge in [-0.15, -0.1) is 0 Å². The molecule has 0 fully saturated rings. The summed E-state index contributed by atoms with van der Waals surface area (Å²) < 4.78 is 19.9. The molecule has 0 heterocycles. The lowest BCUT2D eigenvalue weighted by Crippen LogP contribution is -2.14. The lowest BCUT2D eigenvalue weighted by atomic mass is 9.97. The van der Waals surface area contributed by atoms with Gasteiger partial charge in [0.1, 0.15) is 11.6 Å². The van der Waals surface area contributed by atoms with E-state index < -0.39 is 11.9 Å². The van der Waals surface area contributed by atoms with Crippen molar-refractivity contribution in [2.45, 2.75) is 13.0 Å². The fourth-order valence-electron chi connectivity index (χ4n) is 2.06. The SMILES string of the molecule is COc1ccc(C(N)c2ccc(Br)c(Cl)c2F)cc1C. The minimum absolute atomic E-state index is 0.0446. The molecule has 1 atom stereocenters. The molecule has 2 aromatic rings. The monoisotopic (exact) mass is 357 g/mol. The van der Waals surface area contributed by atoms with E-state index >= 15 is 0 Å². The summed E-state index contributed by atoms with van der Waals surface area (Å²) in [6.07, 6.45) is 0. The van der Waals surface area contributed by atoms with Crippen LogP contribution in [0.25, 0.3) is 0 Å². The van der Waals surface area contributed by atoms with E-state index in [9.17, 15) is 4.39 Å². The van der Waals surface area contributed by atoms with Crippen LogP contribution in [0.5, 0.6) is 5.75 Å². The zero-order valence-electron chi connectivity index (χ0n) is 11.1. The number of nitrogens with two attached hydrogens (primary N) is 1. The molecule has 0 bridgehead atoms. The Bertz CT molecular complexity index is 648. The van der Waals surface area contributed by atoms with E-state index in [2.05, 4.69) is 15.9 Å². The Morgan fingerprint density at radius 3 is 2.60 bits per heavy atom. The van der Waals surface area contributed by atoms with Crippen molar-refractivity contribution in [3.05, 3.63) is 62.3 Å². The number of halogens is 3. The number of benzene rings is 2. The third kappa shape index (κ3) is 2.82. The predicted octanol–water partition coefficient (Wildman–Crippen LogP) is 4.61. The molecule has 0 amide bonds. The Morgan fingerprint density at radius 2 is 2.00 bits per heavy atom. The molecule has 0 radical (unpaired) electrons. The van der Waals surface area contributed by atoms with Gasteiger partial charge in [0.25, 0.3) is 0 Å². The van der Waals surface area contributed by atoms with Crippen LogP contribution in [-0.2, 0) is 0 Å². The van der Waals surface area contributed by atoms with Gasteiger partial charge in [0.05, 0.1) is 18.2 Å². The van der Waals surface area contributed by atoms with Crippen LogP contribution in [0.3, 0.4) is 0 Å². The van der Waals surface area contributed by atoms with Crippen LogP contribution < -0.4 is 10.5 Å². The summed E-state index contributed by atoms with van der Waals surface area (Å²) in [6.45, 7) is 1.92. The van der Waals surface area contributed by atoms with E-state index in [1.54, 1.807) is 19.2 Å². The van der Waals surface area contributed by atoms with Crippen LogP contribution >= 0.6 is 27.5 Å². The van der Waals surface area contributed by atoms with Gasteiger partial charge in [-0.1, -0.05) is 29.8 Å². The Morgan fingerprint density at radius 1 is 1.30 bits per heavy atom. The summed E-state index contributed by atoms with van der Waals surface area (Å²) in [7, 11) is 1.61. The minimum Gasteiger partial charge on any atom is -0.496 e. The van der Waals surface area contributed by atoms with Gasteiger partial charge in [0.2, 0.25) is 0 Å². The molecular weight excluding hydrogens is 345 g/mol. The predicted molar refractivity (Wildman–Crippen MR) is 82.9 cm³/mol. The molecule has 0 saturated carbocycles. The normalized spacial score (nSPS) is 12.3. The Labute approximate surface area is 130 Å². The zero-order chi connectivity index (χ0) is 14.9. The molecule has 106 valence electrons. The first kappa shape index (κ1) is 15.3. The van der Waals surface area contributed by atoms with E-state index in [1.807, 2.05) is 25.1 Å². The summed E-state index contributed by atoms with van der Waals surface area (Å²) in [6, 6.07) is 8.28. The lowest BCUT2D eigenvalue weighted by Gasteiger charge is -2.16. The second-order valence-corrected chi connectivity index (χ2v) is 5.70.